The SMILES string of the molecule is N[C@H]1CN(C(=O)CN2CCc3cc(-c4cncnc4)ccc3C2)CCN1C1CCCCC1. The zero-order chi connectivity index (χ0) is 21.9. The van der Waals surface area contributed by atoms with Crippen molar-refractivity contribution in [3.8, 4) is 11.1 Å². The molecule has 3 heterocycles. The van der Waals surface area contributed by atoms with Gasteiger partial charge in [0.2, 0.25) is 5.91 Å². The summed E-state index contributed by atoms with van der Waals surface area (Å²) in [4.78, 5) is 28.0. The molecule has 0 bridgehead atoms. The van der Waals surface area contributed by atoms with Gasteiger partial charge in [-0.25, -0.2) is 9.97 Å². The molecule has 3 aliphatic rings. The maximum atomic E-state index is 13.0. The number of fused-ring (bicyclic) bond motifs is 1. The smallest absolute Gasteiger partial charge is 0.236 e. The molecule has 2 fully saturated rings. The molecule has 1 atom stereocenters. The van der Waals surface area contributed by atoms with Gasteiger partial charge in [0.1, 0.15) is 6.33 Å². The van der Waals surface area contributed by atoms with Crippen LogP contribution in [0.15, 0.2) is 36.9 Å². The highest BCUT2D eigenvalue weighted by Crippen LogP contribution is 2.27. The van der Waals surface area contributed by atoms with Crippen LogP contribution in [0.5, 0.6) is 0 Å². The summed E-state index contributed by atoms with van der Waals surface area (Å²) in [6.45, 7) is 4.57. The summed E-state index contributed by atoms with van der Waals surface area (Å²) in [6, 6.07) is 7.18. The van der Waals surface area contributed by atoms with Crippen molar-refractivity contribution in [2.45, 2.75) is 57.3 Å². The Morgan fingerprint density at radius 2 is 1.81 bits per heavy atom. The van der Waals surface area contributed by atoms with E-state index in [-0.39, 0.29) is 12.1 Å². The molecule has 2 aliphatic heterocycles. The molecule has 7 heteroatoms. The number of rotatable bonds is 4. The molecule has 1 aromatic carbocycles. The van der Waals surface area contributed by atoms with Gasteiger partial charge in [0.15, 0.2) is 0 Å². The lowest BCUT2D eigenvalue weighted by molar-refractivity contribution is -0.136. The van der Waals surface area contributed by atoms with Crippen LogP contribution in [0, 0.1) is 0 Å². The second kappa shape index (κ2) is 9.65. The summed E-state index contributed by atoms with van der Waals surface area (Å²) in [5.74, 6) is 0.213. The Kier molecular flexibility index (Phi) is 6.48. The number of benzene rings is 1. The number of carbonyl (C=O) groups excluding carboxylic acids is 1. The highest BCUT2D eigenvalue weighted by atomic mass is 16.2. The topological polar surface area (TPSA) is 78.6 Å². The van der Waals surface area contributed by atoms with Gasteiger partial charge in [-0.15, -0.1) is 0 Å². The maximum Gasteiger partial charge on any atom is 0.236 e. The van der Waals surface area contributed by atoms with Crippen molar-refractivity contribution < 1.29 is 4.79 Å². The standard InChI is InChI=1S/C25H34N6O/c26-24-16-30(10-11-31(24)23-4-2-1-3-5-23)25(32)17-29-9-8-20-12-19(6-7-21(20)15-29)22-13-27-18-28-14-22/h6-7,12-14,18,23-24H,1-5,8-11,15-17,26H2/t24-/m1/s1. The maximum absolute atomic E-state index is 13.0. The predicted octanol–water partition coefficient (Wildman–Crippen LogP) is 2.26. The molecule has 2 N–H and O–H groups in total. The van der Waals surface area contributed by atoms with Gasteiger partial charge in [0.25, 0.3) is 0 Å². The van der Waals surface area contributed by atoms with Crippen LogP contribution >= 0.6 is 0 Å². The van der Waals surface area contributed by atoms with Crippen LogP contribution in [0.1, 0.15) is 43.2 Å². The molecule has 5 rings (SSSR count). The molecule has 1 aliphatic carbocycles. The highest BCUT2D eigenvalue weighted by molar-refractivity contribution is 5.78. The van der Waals surface area contributed by atoms with Crippen molar-refractivity contribution in [3.05, 3.63) is 48.0 Å². The lowest BCUT2D eigenvalue weighted by Crippen LogP contribution is -2.62. The van der Waals surface area contributed by atoms with Crippen molar-refractivity contribution in [2.24, 2.45) is 5.73 Å². The Bertz CT molecular complexity index is 929. The summed E-state index contributed by atoms with van der Waals surface area (Å²) in [6.07, 6.45) is 12.7. The van der Waals surface area contributed by atoms with Crippen molar-refractivity contribution in [1.29, 1.82) is 0 Å². The molecule has 0 spiro atoms. The predicted molar refractivity (Wildman–Crippen MR) is 125 cm³/mol. The zero-order valence-corrected chi connectivity index (χ0v) is 18.8. The first-order valence-electron chi connectivity index (χ1n) is 12.1. The molecule has 0 unspecified atom stereocenters. The number of nitrogens with zero attached hydrogens (tertiary/aromatic N) is 5. The number of nitrogens with two attached hydrogens (primary N) is 1. The second-order valence-corrected chi connectivity index (χ2v) is 9.51. The summed E-state index contributed by atoms with van der Waals surface area (Å²) >= 11 is 0. The minimum atomic E-state index is -0.0294. The number of hydrogen-bond donors (Lipinski definition) is 1. The molecule has 32 heavy (non-hydrogen) atoms. The second-order valence-electron chi connectivity index (χ2n) is 9.51. The van der Waals surface area contributed by atoms with Crippen LogP contribution < -0.4 is 5.73 Å². The Labute approximate surface area is 190 Å². The molecule has 170 valence electrons. The quantitative estimate of drug-likeness (QED) is 0.795. The van der Waals surface area contributed by atoms with Gasteiger partial charge in [0.05, 0.1) is 12.7 Å². The lowest BCUT2D eigenvalue weighted by atomic mass is 9.93. The third-order valence-electron chi connectivity index (χ3n) is 7.41. The van der Waals surface area contributed by atoms with Gasteiger partial charge in [-0.05, 0) is 36.0 Å². The van der Waals surface area contributed by atoms with Gasteiger partial charge in [0, 0.05) is 56.7 Å². The van der Waals surface area contributed by atoms with Crippen LogP contribution in [0.4, 0.5) is 0 Å². The van der Waals surface area contributed by atoms with E-state index in [4.69, 9.17) is 5.73 Å². The Morgan fingerprint density at radius 3 is 2.59 bits per heavy atom. The van der Waals surface area contributed by atoms with E-state index in [0.717, 1.165) is 43.7 Å². The van der Waals surface area contributed by atoms with Gasteiger partial charge < -0.3 is 10.6 Å². The van der Waals surface area contributed by atoms with E-state index in [9.17, 15) is 4.79 Å². The lowest BCUT2D eigenvalue weighted by Gasteiger charge is -2.45. The first kappa shape index (κ1) is 21.5. The first-order valence-corrected chi connectivity index (χ1v) is 12.1. The molecule has 1 aromatic heterocycles. The van der Waals surface area contributed by atoms with Crippen molar-refractivity contribution >= 4 is 5.91 Å². The van der Waals surface area contributed by atoms with Crippen molar-refractivity contribution in [2.75, 3.05) is 32.7 Å². The van der Waals surface area contributed by atoms with Crippen molar-refractivity contribution in [3.63, 3.8) is 0 Å². The van der Waals surface area contributed by atoms with Crippen molar-refractivity contribution in [1.82, 2.24) is 24.7 Å². The number of carbonyl (C=O) groups is 1. The number of amides is 1. The van der Waals surface area contributed by atoms with E-state index < -0.39 is 0 Å². The third kappa shape index (κ3) is 4.70. The van der Waals surface area contributed by atoms with Crippen LogP contribution in [0.2, 0.25) is 0 Å². The fourth-order valence-electron chi connectivity index (χ4n) is 5.58. The Morgan fingerprint density at radius 1 is 1.00 bits per heavy atom. The van der Waals surface area contributed by atoms with E-state index >= 15 is 0 Å². The van der Waals surface area contributed by atoms with Gasteiger partial charge >= 0.3 is 0 Å². The summed E-state index contributed by atoms with van der Waals surface area (Å²) in [5.41, 5.74) is 11.4. The average Bonchev–Trinajstić information content (AvgIpc) is 2.84. The molecule has 2 aromatic rings. The van der Waals surface area contributed by atoms with Crippen LogP contribution in [-0.4, -0.2) is 75.5 Å². The highest BCUT2D eigenvalue weighted by Gasteiger charge is 2.33. The normalized spacial score (nSPS) is 23.2. The monoisotopic (exact) mass is 434 g/mol. The molecular weight excluding hydrogens is 400 g/mol. The van der Waals surface area contributed by atoms with E-state index in [1.807, 2.05) is 17.3 Å². The number of hydrogen-bond acceptors (Lipinski definition) is 6. The number of aromatic nitrogens is 2. The van der Waals surface area contributed by atoms with Gasteiger partial charge in [-0.1, -0.05) is 37.5 Å². The molecular formula is C25H34N6O. The average molecular weight is 435 g/mol. The summed E-state index contributed by atoms with van der Waals surface area (Å²) < 4.78 is 0. The number of piperazine rings is 1. The van der Waals surface area contributed by atoms with E-state index in [0.29, 0.717) is 19.1 Å². The summed E-state index contributed by atoms with van der Waals surface area (Å²) in [7, 11) is 0. The minimum absolute atomic E-state index is 0.0294. The zero-order valence-electron chi connectivity index (χ0n) is 18.8. The summed E-state index contributed by atoms with van der Waals surface area (Å²) in [5, 5.41) is 0. The molecule has 1 saturated carbocycles. The van der Waals surface area contributed by atoms with E-state index in [2.05, 4.69) is 38.0 Å². The fourth-order valence-corrected chi connectivity index (χ4v) is 5.58. The van der Waals surface area contributed by atoms with E-state index in [1.165, 1.54) is 43.2 Å². The molecule has 1 amide bonds. The largest absolute Gasteiger partial charge is 0.337 e. The minimum Gasteiger partial charge on any atom is -0.337 e. The fraction of sp³-hybridized carbons (Fsp3) is 0.560. The Hall–Kier alpha value is -2.35. The Balaban J connectivity index is 1.16. The molecule has 7 nitrogen and oxygen atoms in total. The first-order chi connectivity index (χ1) is 15.7. The molecule has 1 saturated heterocycles. The van der Waals surface area contributed by atoms with Gasteiger partial charge in [-0.2, -0.15) is 0 Å². The van der Waals surface area contributed by atoms with Gasteiger partial charge in [-0.3, -0.25) is 14.6 Å². The van der Waals surface area contributed by atoms with E-state index in [1.54, 1.807) is 6.33 Å². The van der Waals surface area contributed by atoms with Crippen LogP contribution in [-0.2, 0) is 17.8 Å². The van der Waals surface area contributed by atoms with Crippen LogP contribution in [0.3, 0.4) is 0 Å². The van der Waals surface area contributed by atoms with Crippen LogP contribution in [0.25, 0.3) is 11.1 Å². The molecule has 0 radical (unpaired) electrons. The third-order valence-corrected chi connectivity index (χ3v) is 7.41.